The topological polar surface area (TPSA) is 83.7 Å². The number of anilines is 1. The molecule has 0 aromatic heterocycles. The summed E-state index contributed by atoms with van der Waals surface area (Å²) in [6.07, 6.45) is -3.15. The Morgan fingerprint density at radius 3 is 2.55 bits per heavy atom. The lowest BCUT2D eigenvalue weighted by Crippen LogP contribution is -2.55. The Morgan fingerprint density at radius 1 is 1.21 bits per heavy atom. The standard InChI is InChI=1S/C30H34F5N5O2/c1-18-14-39(8-7-29(18,31)32)15-19-9-23-24(25(10-19)30(33,34)35)16-40(26(23)41)21-6-4-5-20(11-21)28(12-22(13-28)42-3)27(37)38(2)17-36/h4-6,9-11,17-18,22,36-37H,7-8,12-16H2,1-3H3/t18-,22?,28?/m1/s1. The first kappa shape index (κ1) is 30.1. The predicted octanol–water partition coefficient (Wildman–Crippen LogP) is 5.91. The second-order valence-electron chi connectivity index (χ2n) is 11.7. The zero-order valence-electron chi connectivity index (χ0n) is 23.7. The number of likely N-dealkylation sites (N-methyl/N-ethyl adjacent to an activating group) is 1. The van der Waals surface area contributed by atoms with Crippen molar-refractivity contribution in [3.8, 4) is 0 Å². The van der Waals surface area contributed by atoms with Crippen LogP contribution in [0.1, 0.15) is 58.8 Å². The number of methoxy groups -OCH3 is 1. The van der Waals surface area contributed by atoms with E-state index in [2.05, 4.69) is 0 Å². The summed E-state index contributed by atoms with van der Waals surface area (Å²) < 4.78 is 76.2. The maximum Gasteiger partial charge on any atom is 0.416 e. The number of amides is 1. The molecule has 0 bridgehead atoms. The van der Waals surface area contributed by atoms with E-state index < -0.39 is 34.9 Å². The number of carbonyl (C=O) groups excluding carboxylic acids is 1. The Balaban J connectivity index is 1.46. The summed E-state index contributed by atoms with van der Waals surface area (Å²) in [5, 5.41) is 16.4. The number of carbonyl (C=O) groups is 1. The van der Waals surface area contributed by atoms with E-state index in [0.29, 0.717) is 24.1 Å². The molecule has 2 aliphatic heterocycles. The number of nitrogens with zero attached hydrogens (tertiary/aromatic N) is 3. The van der Waals surface area contributed by atoms with Gasteiger partial charge >= 0.3 is 6.18 Å². The molecule has 0 radical (unpaired) electrons. The number of nitrogens with one attached hydrogen (secondary N) is 2. The zero-order valence-corrected chi connectivity index (χ0v) is 23.7. The Labute approximate surface area is 241 Å². The smallest absolute Gasteiger partial charge is 0.381 e. The Bertz CT molecular complexity index is 1400. The van der Waals surface area contributed by atoms with Gasteiger partial charge in [0.05, 0.1) is 30.0 Å². The first-order chi connectivity index (χ1) is 19.7. The van der Waals surface area contributed by atoms with Crippen LogP contribution >= 0.6 is 0 Å². The average Bonchev–Trinajstić information content (AvgIpc) is 3.25. The van der Waals surface area contributed by atoms with Crippen molar-refractivity contribution in [3.05, 3.63) is 64.2 Å². The van der Waals surface area contributed by atoms with Gasteiger partial charge in [-0.15, -0.1) is 0 Å². The summed E-state index contributed by atoms with van der Waals surface area (Å²) >= 11 is 0. The molecule has 2 fully saturated rings. The minimum absolute atomic E-state index is 0.0331. The lowest BCUT2D eigenvalue weighted by atomic mass is 9.61. The maximum absolute atomic E-state index is 14.3. The van der Waals surface area contributed by atoms with Crippen LogP contribution in [0.5, 0.6) is 0 Å². The number of benzene rings is 2. The molecular weight excluding hydrogens is 557 g/mol. The molecule has 1 amide bonds. The van der Waals surface area contributed by atoms with E-state index in [0.717, 1.165) is 12.4 Å². The maximum atomic E-state index is 14.3. The fourth-order valence-corrected chi connectivity index (χ4v) is 6.41. The summed E-state index contributed by atoms with van der Waals surface area (Å²) in [5.41, 5.74) is -0.464. The molecule has 12 heteroatoms. The van der Waals surface area contributed by atoms with Crippen LogP contribution in [0, 0.1) is 16.7 Å². The van der Waals surface area contributed by atoms with E-state index in [4.69, 9.17) is 15.6 Å². The SMILES string of the molecule is COC1CC(C(=N)N(C)C=N)(c2cccc(N3Cc4c(cc(CN5CCC(F)(F)[C@H](C)C5)cc4C(F)(F)F)C3=O)c2)C1. The molecule has 2 aromatic rings. The van der Waals surface area contributed by atoms with Crippen LogP contribution < -0.4 is 4.90 Å². The number of rotatable bonds is 7. The summed E-state index contributed by atoms with van der Waals surface area (Å²) in [6.45, 7) is 1.29. The van der Waals surface area contributed by atoms with Gasteiger partial charge in [-0.1, -0.05) is 19.1 Å². The number of piperidine rings is 1. The van der Waals surface area contributed by atoms with Crippen LogP contribution in [0.4, 0.5) is 27.6 Å². The lowest BCUT2D eigenvalue weighted by Gasteiger charge is -2.49. The number of hydrogen-bond donors (Lipinski definition) is 2. The van der Waals surface area contributed by atoms with Gasteiger partial charge in [-0.3, -0.25) is 20.5 Å². The van der Waals surface area contributed by atoms with Crippen LogP contribution in [0.25, 0.3) is 0 Å². The van der Waals surface area contributed by atoms with Crippen LogP contribution in [0.3, 0.4) is 0 Å². The van der Waals surface area contributed by atoms with Gasteiger partial charge in [0.2, 0.25) is 0 Å². The van der Waals surface area contributed by atoms with E-state index in [1.165, 1.54) is 22.8 Å². The van der Waals surface area contributed by atoms with Crippen LogP contribution in [0.15, 0.2) is 36.4 Å². The molecule has 0 unspecified atom stereocenters. The molecule has 1 saturated carbocycles. The van der Waals surface area contributed by atoms with Gasteiger partial charge in [-0.25, -0.2) is 8.78 Å². The largest absolute Gasteiger partial charge is 0.416 e. The molecule has 7 nitrogen and oxygen atoms in total. The molecular formula is C30H34F5N5O2. The quantitative estimate of drug-likeness (QED) is 0.239. The molecule has 5 rings (SSSR count). The van der Waals surface area contributed by atoms with Crippen LogP contribution in [-0.4, -0.2) is 67.2 Å². The van der Waals surface area contributed by atoms with E-state index in [-0.39, 0.29) is 61.2 Å². The van der Waals surface area contributed by atoms with Crippen LogP contribution in [0.2, 0.25) is 0 Å². The first-order valence-corrected chi connectivity index (χ1v) is 13.8. The van der Waals surface area contributed by atoms with Crippen LogP contribution in [-0.2, 0) is 29.4 Å². The highest BCUT2D eigenvalue weighted by Gasteiger charge is 2.51. The van der Waals surface area contributed by atoms with Crippen molar-refractivity contribution in [2.45, 2.75) is 62.9 Å². The average molecular weight is 592 g/mol. The molecule has 0 spiro atoms. The minimum Gasteiger partial charge on any atom is -0.381 e. The van der Waals surface area contributed by atoms with Gasteiger partial charge in [-0.05, 0) is 53.8 Å². The fourth-order valence-electron chi connectivity index (χ4n) is 6.41. The monoisotopic (exact) mass is 591 g/mol. The molecule has 3 aliphatic rings. The molecule has 1 saturated heterocycles. The lowest BCUT2D eigenvalue weighted by molar-refractivity contribution is -0.138. The van der Waals surface area contributed by atoms with Gasteiger partial charge in [0.25, 0.3) is 11.8 Å². The van der Waals surface area contributed by atoms with Crippen molar-refractivity contribution >= 4 is 23.8 Å². The van der Waals surface area contributed by atoms with Crippen molar-refractivity contribution in [2.75, 3.05) is 32.1 Å². The third-order valence-electron chi connectivity index (χ3n) is 9.02. The summed E-state index contributed by atoms with van der Waals surface area (Å²) in [5.74, 6) is -4.12. The van der Waals surface area contributed by atoms with Gasteiger partial charge in [0, 0.05) is 57.4 Å². The summed E-state index contributed by atoms with van der Waals surface area (Å²) in [4.78, 5) is 18.0. The van der Waals surface area contributed by atoms with E-state index >= 15 is 0 Å². The Morgan fingerprint density at radius 2 is 1.93 bits per heavy atom. The molecule has 2 heterocycles. The van der Waals surface area contributed by atoms with Crippen molar-refractivity contribution in [2.24, 2.45) is 5.92 Å². The number of fused-ring (bicyclic) bond motifs is 1. The molecule has 226 valence electrons. The van der Waals surface area contributed by atoms with E-state index in [1.54, 1.807) is 37.3 Å². The van der Waals surface area contributed by atoms with Crippen molar-refractivity contribution in [3.63, 3.8) is 0 Å². The summed E-state index contributed by atoms with van der Waals surface area (Å²) in [6, 6.07) is 9.40. The summed E-state index contributed by atoms with van der Waals surface area (Å²) in [7, 11) is 3.19. The third-order valence-corrected chi connectivity index (χ3v) is 9.02. The highest BCUT2D eigenvalue weighted by molar-refractivity contribution is 6.10. The highest BCUT2D eigenvalue weighted by atomic mass is 19.4. The highest BCUT2D eigenvalue weighted by Crippen LogP contribution is 2.48. The molecule has 1 aliphatic carbocycles. The molecule has 2 N–H and O–H groups in total. The molecule has 1 atom stereocenters. The number of alkyl halides is 5. The predicted molar refractivity (Wildman–Crippen MR) is 148 cm³/mol. The molecule has 42 heavy (non-hydrogen) atoms. The van der Waals surface area contributed by atoms with Gasteiger partial charge in [0.1, 0.15) is 5.84 Å². The van der Waals surface area contributed by atoms with Gasteiger partial charge < -0.3 is 14.5 Å². The Kier molecular flexibility index (Phi) is 7.68. The third kappa shape index (κ3) is 5.19. The van der Waals surface area contributed by atoms with E-state index in [9.17, 15) is 26.7 Å². The van der Waals surface area contributed by atoms with Crippen molar-refractivity contribution in [1.29, 1.82) is 10.8 Å². The zero-order chi connectivity index (χ0) is 30.6. The van der Waals surface area contributed by atoms with E-state index in [1.807, 2.05) is 6.07 Å². The van der Waals surface area contributed by atoms with Gasteiger partial charge in [0.15, 0.2) is 0 Å². The minimum atomic E-state index is -4.71. The Hall–Kier alpha value is -3.38. The van der Waals surface area contributed by atoms with Gasteiger partial charge in [-0.2, -0.15) is 13.2 Å². The second-order valence-corrected chi connectivity index (χ2v) is 11.7. The number of ether oxygens (including phenoxy) is 1. The second kappa shape index (κ2) is 10.7. The first-order valence-electron chi connectivity index (χ1n) is 13.8. The molecule has 2 aromatic carbocycles. The number of hydrogen-bond acceptors (Lipinski definition) is 5. The number of amidine groups is 1. The fraction of sp³-hybridized carbons (Fsp3) is 0.500. The number of likely N-dealkylation sites (tertiary alicyclic amines) is 1. The number of halogens is 5. The van der Waals surface area contributed by atoms with Crippen molar-refractivity contribution < 1.29 is 31.5 Å². The van der Waals surface area contributed by atoms with Crippen molar-refractivity contribution in [1.82, 2.24) is 9.80 Å². The normalized spacial score (nSPS) is 25.6.